The van der Waals surface area contributed by atoms with E-state index >= 15 is 0 Å². The number of esters is 1. The third-order valence-corrected chi connectivity index (χ3v) is 7.22. The van der Waals surface area contributed by atoms with Crippen LogP contribution in [0.2, 0.25) is 0 Å². The fourth-order valence-corrected chi connectivity index (χ4v) is 4.22. The van der Waals surface area contributed by atoms with Gasteiger partial charge < -0.3 is 4.74 Å². The van der Waals surface area contributed by atoms with E-state index in [9.17, 15) is 4.79 Å². The lowest BCUT2D eigenvalue weighted by Gasteiger charge is -2.08. The van der Waals surface area contributed by atoms with Crippen LogP contribution in [0.1, 0.15) is 11.1 Å². The van der Waals surface area contributed by atoms with Gasteiger partial charge in [-0.15, -0.1) is 0 Å². The van der Waals surface area contributed by atoms with Crippen LogP contribution < -0.4 is 0 Å². The minimum atomic E-state index is -0.438. The van der Waals surface area contributed by atoms with Gasteiger partial charge in [-0.2, -0.15) is 0 Å². The van der Waals surface area contributed by atoms with Gasteiger partial charge in [0.1, 0.15) is 0 Å². The molecule has 0 N–H and O–H groups in total. The molecular weight excluding hydrogens is 541 g/mol. The maximum atomic E-state index is 12.6. The van der Waals surface area contributed by atoms with Gasteiger partial charge in [0.05, 0.1) is 0 Å². The molecule has 0 saturated carbocycles. The minimum absolute atomic E-state index is 0.302. The summed E-state index contributed by atoms with van der Waals surface area (Å²) in [5, 5.41) is 4.39. The maximum Gasteiger partial charge on any atom is 0.363 e. The van der Waals surface area contributed by atoms with E-state index in [0.29, 0.717) is 11.6 Å². The van der Waals surface area contributed by atoms with Crippen molar-refractivity contribution in [1.29, 1.82) is 0 Å². The van der Waals surface area contributed by atoms with Gasteiger partial charge in [0.25, 0.3) is 0 Å². The van der Waals surface area contributed by atoms with Gasteiger partial charge in [-0.25, -0.2) is 9.79 Å². The second-order valence-corrected chi connectivity index (χ2v) is 8.71. The maximum absolute atomic E-state index is 12.6. The lowest BCUT2D eigenvalue weighted by atomic mass is 9.96. The average molecular weight is 554 g/mol. The molecule has 0 atom stereocenters. The van der Waals surface area contributed by atoms with E-state index in [1.807, 2.05) is 48.5 Å². The summed E-state index contributed by atoms with van der Waals surface area (Å²) in [5.74, 6) is -0.116. The van der Waals surface area contributed by atoms with Gasteiger partial charge in [0.2, 0.25) is 5.90 Å². The number of cyclic esters (lactones) is 1. The van der Waals surface area contributed by atoms with Crippen LogP contribution in [-0.4, -0.2) is 11.9 Å². The van der Waals surface area contributed by atoms with Gasteiger partial charge in [-0.05, 0) is 96.0 Å². The van der Waals surface area contributed by atoms with Crippen molar-refractivity contribution in [2.45, 2.75) is 0 Å². The number of hydrogen-bond acceptors (Lipinski definition) is 3. The lowest BCUT2D eigenvalue weighted by Crippen LogP contribution is -2.05. The summed E-state index contributed by atoms with van der Waals surface area (Å²) >= 11 is 5.75. The Labute approximate surface area is 189 Å². The first-order chi connectivity index (χ1) is 14.1. The molecule has 0 amide bonds. The highest BCUT2D eigenvalue weighted by atomic mass is 127. The summed E-state index contributed by atoms with van der Waals surface area (Å²) in [6, 6.07) is 24.2. The number of ether oxygens (including phenoxy) is 1. The quantitative estimate of drug-likeness (QED) is 0.120. The highest BCUT2D eigenvalue weighted by Gasteiger charge is 2.25. The average Bonchev–Trinajstić information content (AvgIpc) is 3.10. The number of halogens is 2. The second kappa shape index (κ2) is 7.39. The second-order valence-electron chi connectivity index (χ2n) is 6.70. The number of nitrogens with zero attached hydrogens (tertiary/aromatic N) is 1. The Morgan fingerprint density at radius 3 is 2.21 bits per heavy atom. The first-order valence-corrected chi connectivity index (χ1v) is 10.9. The van der Waals surface area contributed by atoms with Crippen LogP contribution in [0.5, 0.6) is 0 Å². The Kier molecular flexibility index (Phi) is 4.72. The number of hydrogen-bond donors (Lipinski definition) is 0. The van der Waals surface area contributed by atoms with Crippen molar-refractivity contribution < 1.29 is 9.53 Å². The molecular formula is C24H13BrINO2. The molecule has 1 aliphatic heterocycles. The third-order valence-electron chi connectivity index (χ3n) is 4.88. The smallest absolute Gasteiger partial charge is 0.363 e. The molecule has 4 aromatic rings. The highest BCUT2D eigenvalue weighted by molar-refractivity contribution is 14.1. The van der Waals surface area contributed by atoms with Gasteiger partial charge in [0, 0.05) is 13.6 Å². The van der Waals surface area contributed by atoms with Gasteiger partial charge >= 0.3 is 5.97 Å². The van der Waals surface area contributed by atoms with Crippen molar-refractivity contribution in [2.24, 2.45) is 4.99 Å². The van der Waals surface area contributed by atoms with Crippen LogP contribution in [0.4, 0.5) is 0 Å². The molecule has 1 aliphatic rings. The van der Waals surface area contributed by atoms with Crippen LogP contribution in [-0.2, 0) is 9.53 Å². The molecule has 5 heteroatoms. The van der Waals surface area contributed by atoms with Crippen LogP contribution in [0.25, 0.3) is 27.6 Å². The number of benzene rings is 4. The summed E-state index contributed by atoms with van der Waals surface area (Å²) in [7, 11) is 0. The topological polar surface area (TPSA) is 38.7 Å². The van der Waals surface area contributed by atoms with Crippen molar-refractivity contribution >= 4 is 78.0 Å². The molecule has 0 aromatic heterocycles. The Bertz CT molecular complexity index is 1320. The van der Waals surface area contributed by atoms with E-state index in [4.69, 9.17) is 4.74 Å². The standard InChI is InChI=1S/C24H13BrINO2/c25-20-12-16(9-10-21(20)26)23-27-22(24(28)29-23)13-19-17-7-3-1-5-14(17)11-15-6-2-4-8-18(15)19/h1-13H/b22-13-. The molecule has 0 radical (unpaired) electrons. The number of aliphatic imine (C=N–C) groups is 1. The number of fused-ring (bicyclic) bond motifs is 2. The first kappa shape index (κ1) is 18.5. The molecule has 29 heavy (non-hydrogen) atoms. The van der Waals surface area contributed by atoms with Crippen molar-refractivity contribution in [3.05, 3.63) is 97.7 Å². The molecule has 0 saturated heterocycles. The fourth-order valence-electron chi connectivity index (χ4n) is 3.50. The summed E-state index contributed by atoms with van der Waals surface area (Å²) in [6.07, 6.45) is 1.84. The van der Waals surface area contributed by atoms with E-state index < -0.39 is 5.97 Å². The van der Waals surface area contributed by atoms with Crippen molar-refractivity contribution in [3.8, 4) is 0 Å². The third kappa shape index (κ3) is 3.38. The minimum Gasteiger partial charge on any atom is -0.402 e. The molecule has 3 nitrogen and oxygen atoms in total. The van der Waals surface area contributed by atoms with Gasteiger partial charge in [-0.1, -0.05) is 48.5 Å². The molecule has 0 spiro atoms. The summed E-state index contributed by atoms with van der Waals surface area (Å²) in [6.45, 7) is 0. The van der Waals surface area contributed by atoms with Crippen molar-refractivity contribution in [2.75, 3.05) is 0 Å². The zero-order valence-electron chi connectivity index (χ0n) is 15.0. The van der Waals surface area contributed by atoms with E-state index in [2.05, 4.69) is 73.8 Å². The molecule has 0 unspecified atom stereocenters. The van der Waals surface area contributed by atoms with E-state index in [0.717, 1.165) is 40.7 Å². The Balaban J connectivity index is 1.70. The predicted octanol–water partition coefficient (Wildman–Crippen LogP) is 6.70. The van der Waals surface area contributed by atoms with Crippen molar-refractivity contribution in [1.82, 2.24) is 0 Å². The monoisotopic (exact) mass is 553 g/mol. The molecule has 5 rings (SSSR count). The summed E-state index contributed by atoms with van der Waals surface area (Å²) < 4.78 is 7.49. The largest absolute Gasteiger partial charge is 0.402 e. The summed E-state index contributed by atoms with van der Waals surface area (Å²) in [4.78, 5) is 17.1. The van der Waals surface area contributed by atoms with E-state index in [1.165, 1.54) is 0 Å². The molecule has 0 fully saturated rings. The molecule has 1 heterocycles. The zero-order valence-corrected chi connectivity index (χ0v) is 18.8. The summed E-state index contributed by atoms with van der Waals surface area (Å²) in [5.41, 5.74) is 2.03. The van der Waals surface area contributed by atoms with Gasteiger partial charge in [0.15, 0.2) is 5.70 Å². The first-order valence-electron chi connectivity index (χ1n) is 8.98. The number of carbonyl (C=O) groups is 1. The Morgan fingerprint density at radius 2 is 1.55 bits per heavy atom. The molecule has 0 aliphatic carbocycles. The molecule has 4 aromatic carbocycles. The van der Waals surface area contributed by atoms with E-state index in [-0.39, 0.29) is 0 Å². The molecule has 140 valence electrons. The van der Waals surface area contributed by atoms with Crippen LogP contribution in [0.3, 0.4) is 0 Å². The number of carbonyl (C=O) groups excluding carboxylic acids is 1. The number of rotatable bonds is 2. The Hall–Kier alpha value is -2.51. The highest BCUT2D eigenvalue weighted by Crippen LogP contribution is 2.32. The lowest BCUT2D eigenvalue weighted by molar-refractivity contribution is -0.129. The normalized spacial score (nSPS) is 15.2. The van der Waals surface area contributed by atoms with E-state index in [1.54, 1.807) is 0 Å². The SMILES string of the molecule is O=C1OC(c2ccc(I)c(Br)c2)=N/C1=C\c1c2ccccc2cc2ccccc12. The molecule has 0 bridgehead atoms. The predicted molar refractivity (Wildman–Crippen MR) is 129 cm³/mol. The Morgan fingerprint density at radius 1 is 0.897 bits per heavy atom. The zero-order chi connectivity index (χ0) is 20.0. The van der Waals surface area contributed by atoms with Crippen molar-refractivity contribution in [3.63, 3.8) is 0 Å². The van der Waals surface area contributed by atoms with Crippen LogP contribution >= 0.6 is 38.5 Å². The van der Waals surface area contributed by atoms with Gasteiger partial charge in [-0.3, -0.25) is 0 Å². The van der Waals surface area contributed by atoms with Crippen LogP contribution in [0.15, 0.2) is 88.0 Å². The fraction of sp³-hybridized carbons (Fsp3) is 0. The van der Waals surface area contributed by atoms with Crippen LogP contribution in [0, 0.1) is 3.57 Å².